The Hall–Kier alpha value is -0.550. The average Bonchev–Trinajstić information content (AvgIpc) is 2.85. The first kappa shape index (κ1) is 31.5. The van der Waals surface area contributed by atoms with Crippen molar-refractivity contribution in [2.75, 3.05) is 18.5 Å². The number of benzene rings is 1. The Balaban J connectivity index is 2.80. The average molecular weight is 492 g/mol. The van der Waals surface area contributed by atoms with E-state index in [2.05, 4.69) is 58.0 Å². The molecule has 0 aliphatic heterocycles. The number of unbranched alkanes of at least 4 members (excludes halogenated alkanes) is 15. The molecule has 0 heterocycles. The molecule has 0 N–H and O–H groups in total. The third kappa shape index (κ3) is 14.8. The van der Waals surface area contributed by atoms with Crippen LogP contribution in [0.15, 0.2) is 30.3 Å². The van der Waals surface area contributed by atoms with Gasteiger partial charge in [0.1, 0.15) is 5.75 Å². The molecule has 0 aliphatic rings. The summed E-state index contributed by atoms with van der Waals surface area (Å²) in [4.78, 5) is 0. The summed E-state index contributed by atoms with van der Waals surface area (Å²) in [6, 6.07) is 10.7. The molecule has 2 heteroatoms. The minimum atomic E-state index is -1.14. The molecule has 0 bridgehead atoms. The molecule has 0 amide bonds. The maximum atomic E-state index is 6.72. The van der Waals surface area contributed by atoms with E-state index in [0.717, 1.165) is 5.75 Å². The van der Waals surface area contributed by atoms with Gasteiger partial charge in [-0.05, 0) is 50.7 Å². The zero-order valence-electron chi connectivity index (χ0n) is 23.7. The minimum absolute atomic E-state index is 0.400. The summed E-state index contributed by atoms with van der Waals surface area (Å²) in [6.45, 7) is 9.40. The van der Waals surface area contributed by atoms with Crippen LogP contribution in [-0.4, -0.2) is 24.3 Å². The minimum Gasteiger partial charge on any atom is -0.458 e. The van der Waals surface area contributed by atoms with Gasteiger partial charge in [-0.15, -0.1) is 0 Å². The maximum Gasteiger partial charge on any atom is 0.203 e. The van der Waals surface area contributed by atoms with E-state index in [4.69, 9.17) is 4.74 Å². The summed E-state index contributed by atoms with van der Waals surface area (Å²) in [6.07, 6.45) is 29.7. The number of ether oxygens (including phenoxy) is 1. The van der Waals surface area contributed by atoms with Crippen molar-refractivity contribution in [1.82, 2.24) is 0 Å². The molecule has 34 heavy (non-hydrogen) atoms. The summed E-state index contributed by atoms with van der Waals surface area (Å²) in [5, 5.41) is 0. The molecule has 0 spiro atoms. The predicted molar refractivity (Wildman–Crippen MR) is 158 cm³/mol. The Labute approximate surface area is 215 Å². The molecule has 1 aromatic rings. The van der Waals surface area contributed by atoms with Gasteiger partial charge in [0.15, 0.2) is 0 Å². The molecule has 0 saturated carbocycles. The molecule has 198 valence electrons. The number of para-hydroxylation sites is 1. The predicted octanol–water partition coefficient (Wildman–Crippen LogP) is 11.5. The molecule has 1 nitrogen and oxygen atoms in total. The van der Waals surface area contributed by atoms with Crippen molar-refractivity contribution in [2.45, 2.75) is 149 Å². The lowest BCUT2D eigenvalue weighted by Gasteiger charge is -2.33. The van der Waals surface area contributed by atoms with Gasteiger partial charge < -0.3 is 4.74 Å². The highest BCUT2D eigenvalue weighted by Gasteiger charge is 2.43. The Morgan fingerprint density at radius 3 is 1.26 bits per heavy atom. The third-order valence-corrected chi connectivity index (χ3v) is 13.0. The number of rotatable bonds is 24. The van der Waals surface area contributed by atoms with Crippen LogP contribution in [0.25, 0.3) is 0 Å². The Morgan fingerprint density at radius 1 is 0.529 bits per heavy atom. The summed E-state index contributed by atoms with van der Waals surface area (Å²) >= 11 is 0. The lowest BCUT2D eigenvalue weighted by molar-refractivity contribution is 0.297. The largest absolute Gasteiger partial charge is 0.458 e. The van der Waals surface area contributed by atoms with E-state index in [1.807, 2.05) is 0 Å². The summed E-state index contributed by atoms with van der Waals surface area (Å²) < 4.78 is 6.72. The zero-order chi connectivity index (χ0) is 24.7. The van der Waals surface area contributed by atoms with E-state index in [0.29, 0.717) is 5.85 Å². The highest BCUT2D eigenvalue weighted by molar-refractivity contribution is 7.76. The van der Waals surface area contributed by atoms with Gasteiger partial charge in [-0.1, -0.05) is 116 Å². The van der Waals surface area contributed by atoms with Crippen molar-refractivity contribution in [3.05, 3.63) is 30.3 Å². The van der Waals surface area contributed by atoms with Crippen LogP contribution < -0.4 is 4.74 Å². The van der Waals surface area contributed by atoms with E-state index in [9.17, 15) is 0 Å². The molecule has 0 aliphatic carbocycles. The van der Waals surface area contributed by atoms with E-state index < -0.39 is 7.26 Å². The van der Waals surface area contributed by atoms with E-state index >= 15 is 0 Å². The van der Waals surface area contributed by atoms with Crippen LogP contribution >= 0.6 is 7.26 Å². The number of hydrogen-bond donors (Lipinski definition) is 0. The molecule has 1 aromatic carbocycles. The van der Waals surface area contributed by atoms with Gasteiger partial charge in [-0.25, -0.2) is 0 Å². The Morgan fingerprint density at radius 2 is 0.882 bits per heavy atom. The fraction of sp³-hybridized carbons (Fsp3) is 0.812. The van der Waals surface area contributed by atoms with Gasteiger partial charge in [0.2, 0.25) is 5.85 Å². The van der Waals surface area contributed by atoms with Gasteiger partial charge in [-0.2, -0.15) is 0 Å². The monoisotopic (exact) mass is 491 g/mol. The van der Waals surface area contributed by atoms with Crippen molar-refractivity contribution in [2.24, 2.45) is 0 Å². The van der Waals surface area contributed by atoms with Gasteiger partial charge in [-0.3, -0.25) is 0 Å². The summed E-state index contributed by atoms with van der Waals surface area (Å²) in [5.74, 6) is 1.48. The highest BCUT2D eigenvalue weighted by Crippen LogP contribution is 2.65. The van der Waals surface area contributed by atoms with Gasteiger partial charge >= 0.3 is 0 Å². The topological polar surface area (TPSA) is 9.23 Å². The molecule has 1 unspecified atom stereocenters. The fourth-order valence-electron chi connectivity index (χ4n) is 5.31. The van der Waals surface area contributed by atoms with Gasteiger partial charge in [0, 0.05) is 6.92 Å². The lowest BCUT2D eigenvalue weighted by Crippen LogP contribution is -2.25. The first-order chi connectivity index (χ1) is 16.7. The Bertz CT molecular complexity index is 502. The SMILES string of the molecule is CCCCCCCC[P+](CCCCCCCC)(CCCCCCCC)C(C)Oc1ccccc1. The standard InChI is InChI=1S/C32H60OP/c1-5-8-11-14-17-23-28-34(29-24-18-15-12-9-6-2,30-25-19-16-13-10-7-3)31(4)33-32-26-21-20-22-27-32/h20-22,26-27,31H,5-19,23-25,28-30H2,1-4H3/q+1. The first-order valence-corrected chi connectivity index (χ1v) is 17.7. The van der Waals surface area contributed by atoms with Gasteiger partial charge in [0.25, 0.3) is 0 Å². The molecular formula is C32H60OP+. The van der Waals surface area contributed by atoms with Gasteiger partial charge in [0.05, 0.1) is 25.7 Å². The zero-order valence-corrected chi connectivity index (χ0v) is 24.6. The molecule has 0 saturated heterocycles. The van der Waals surface area contributed by atoms with Crippen LogP contribution in [0.1, 0.15) is 143 Å². The summed E-state index contributed by atoms with van der Waals surface area (Å²) in [5.41, 5.74) is 0. The normalized spacial score (nSPS) is 12.7. The van der Waals surface area contributed by atoms with Crippen LogP contribution in [-0.2, 0) is 0 Å². The second-order valence-corrected chi connectivity index (χ2v) is 15.2. The van der Waals surface area contributed by atoms with Crippen molar-refractivity contribution in [3.8, 4) is 5.75 Å². The van der Waals surface area contributed by atoms with E-state index in [1.54, 1.807) is 0 Å². The quantitative estimate of drug-likeness (QED) is 0.103. The van der Waals surface area contributed by atoms with E-state index in [1.165, 1.54) is 134 Å². The van der Waals surface area contributed by atoms with Crippen molar-refractivity contribution in [3.63, 3.8) is 0 Å². The number of hydrogen-bond acceptors (Lipinski definition) is 1. The smallest absolute Gasteiger partial charge is 0.203 e. The molecular weight excluding hydrogens is 431 g/mol. The second kappa shape index (κ2) is 21.7. The molecule has 0 fully saturated rings. The highest BCUT2D eigenvalue weighted by atomic mass is 31.2. The van der Waals surface area contributed by atoms with Crippen LogP contribution in [0.3, 0.4) is 0 Å². The molecule has 0 radical (unpaired) electrons. The van der Waals surface area contributed by atoms with Crippen LogP contribution in [0.4, 0.5) is 0 Å². The lowest BCUT2D eigenvalue weighted by atomic mass is 10.1. The molecule has 0 aromatic heterocycles. The van der Waals surface area contributed by atoms with Crippen LogP contribution in [0, 0.1) is 0 Å². The van der Waals surface area contributed by atoms with Crippen LogP contribution in [0.5, 0.6) is 5.75 Å². The Kier molecular flexibility index (Phi) is 20.1. The van der Waals surface area contributed by atoms with Crippen molar-refractivity contribution >= 4 is 7.26 Å². The first-order valence-electron chi connectivity index (χ1n) is 15.3. The maximum absolute atomic E-state index is 6.72. The summed E-state index contributed by atoms with van der Waals surface area (Å²) in [7, 11) is -1.14. The van der Waals surface area contributed by atoms with E-state index in [-0.39, 0.29) is 0 Å². The molecule has 1 rings (SSSR count). The molecule has 1 atom stereocenters. The second-order valence-electron chi connectivity index (χ2n) is 10.7. The third-order valence-electron chi connectivity index (χ3n) is 7.69. The fourth-order valence-corrected chi connectivity index (χ4v) is 9.98. The van der Waals surface area contributed by atoms with Crippen LogP contribution in [0.2, 0.25) is 0 Å². The van der Waals surface area contributed by atoms with Crippen molar-refractivity contribution < 1.29 is 4.74 Å². The van der Waals surface area contributed by atoms with Crippen molar-refractivity contribution in [1.29, 1.82) is 0 Å².